The molecule has 0 saturated heterocycles. The SMILES string of the molecule is CN(Cc1ccccc1)c1cc(C#N)ccc1N. The predicted molar refractivity (Wildman–Crippen MR) is 74.1 cm³/mol. The lowest BCUT2D eigenvalue weighted by molar-refractivity contribution is 0.924. The Kier molecular flexibility index (Phi) is 3.49. The summed E-state index contributed by atoms with van der Waals surface area (Å²) in [6, 6.07) is 17.6. The second-order valence-electron chi connectivity index (χ2n) is 4.23. The van der Waals surface area contributed by atoms with Crippen molar-refractivity contribution in [2.75, 3.05) is 17.7 Å². The monoisotopic (exact) mass is 237 g/mol. The smallest absolute Gasteiger partial charge is 0.0992 e. The molecular formula is C15H15N3. The third-order valence-corrected chi connectivity index (χ3v) is 2.83. The molecule has 90 valence electrons. The van der Waals surface area contributed by atoms with Crippen LogP contribution in [-0.2, 0) is 6.54 Å². The molecule has 0 fully saturated rings. The van der Waals surface area contributed by atoms with Crippen molar-refractivity contribution in [3.8, 4) is 6.07 Å². The van der Waals surface area contributed by atoms with Crippen LogP contribution in [0.25, 0.3) is 0 Å². The van der Waals surface area contributed by atoms with Gasteiger partial charge in [0.15, 0.2) is 0 Å². The minimum atomic E-state index is 0.624. The number of hydrogen-bond acceptors (Lipinski definition) is 3. The quantitative estimate of drug-likeness (QED) is 0.835. The summed E-state index contributed by atoms with van der Waals surface area (Å²) < 4.78 is 0. The van der Waals surface area contributed by atoms with E-state index in [1.165, 1.54) is 5.56 Å². The fourth-order valence-electron chi connectivity index (χ4n) is 1.89. The number of anilines is 2. The van der Waals surface area contributed by atoms with E-state index in [0.29, 0.717) is 11.3 Å². The van der Waals surface area contributed by atoms with Crippen molar-refractivity contribution in [2.45, 2.75) is 6.54 Å². The van der Waals surface area contributed by atoms with Crippen LogP contribution in [0.1, 0.15) is 11.1 Å². The molecule has 0 aliphatic carbocycles. The summed E-state index contributed by atoms with van der Waals surface area (Å²) in [4.78, 5) is 2.05. The summed E-state index contributed by atoms with van der Waals surface area (Å²) in [5.41, 5.74) is 9.36. The summed E-state index contributed by atoms with van der Waals surface area (Å²) in [5, 5.41) is 8.92. The molecule has 0 aromatic heterocycles. The zero-order valence-electron chi connectivity index (χ0n) is 10.3. The fraction of sp³-hybridized carbons (Fsp3) is 0.133. The fourth-order valence-corrected chi connectivity index (χ4v) is 1.89. The van der Waals surface area contributed by atoms with E-state index in [2.05, 4.69) is 18.2 Å². The second-order valence-corrected chi connectivity index (χ2v) is 4.23. The van der Waals surface area contributed by atoms with Crippen LogP contribution < -0.4 is 10.6 Å². The van der Waals surface area contributed by atoms with E-state index in [1.54, 1.807) is 12.1 Å². The van der Waals surface area contributed by atoms with Gasteiger partial charge in [0.1, 0.15) is 0 Å². The molecule has 0 aliphatic rings. The topological polar surface area (TPSA) is 53.0 Å². The number of hydrogen-bond donors (Lipinski definition) is 1. The maximum absolute atomic E-state index is 8.92. The van der Waals surface area contributed by atoms with Gasteiger partial charge in [-0.3, -0.25) is 0 Å². The lowest BCUT2D eigenvalue weighted by atomic mass is 10.1. The molecule has 2 N–H and O–H groups in total. The van der Waals surface area contributed by atoms with E-state index in [-0.39, 0.29) is 0 Å². The Morgan fingerprint density at radius 2 is 1.89 bits per heavy atom. The average Bonchev–Trinajstić information content (AvgIpc) is 2.40. The number of nitrogen functional groups attached to an aromatic ring is 1. The van der Waals surface area contributed by atoms with Gasteiger partial charge < -0.3 is 10.6 Å². The minimum Gasteiger partial charge on any atom is -0.397 e. The molecule has 3 nitrogen and oxygen atoms in total. The van der Waals surface area contributed by atoms with Crippen molar-refractivity contribution in [3.05, 3.63) is 59.7 Å². The van der Waals surface area contributed by atoms with Gasteiger partial charge in [0.05, 0.1) is 23.0 Å². The first kappa shape index (κ1) is 12.0. The molecule has 2 rings (SSSR count). The van der Waals surface area contributed by atoms with Crippen molar-refractivity contribution in [2.24, 2.45) is 0 Å². The summed E-state index contributed by atoms with van der Waals surface area (Å²) in [6.45, 7) is 0.764. The van der Waals surface area contributed by atoms with Gasteiger partial charge >= 0.3 is 0 Å². The van der Waals surface area contributed by atoms with Crippen LogP contribution in [-0.4, -0.2) is 7.05 Å². The Morgan fingerprint density at radius 1 is 1.17 bits per heavy atom. The van der Waals surface area contributed by atoms with Crippen LogP contribution in [0, 0.1) is 11.3 Å². The Hall–Kier alpha value is -2.47. The highest BCUT2D eigenvalue weighted by Gasteiger charge is 2.07. The summed E-state index contributed by atoms with van der Waals surface area (Å²) in [5.74, 6) is 0. The first-order valence-corrected chi connectivity index (χ1v) is 5.75. The molecule has 3 heteroatoms. The molecule has 0 bridgehead atoms. The van der Waals surface area contributed by atoms with Gasteiger partial charge in [-0.15, -0.1) is 0 Å². The van der Waals surface area contributed by atoms with Gasteiger partial charge in [-0.05, 0) is 23.8 Å². The molecular weight excluding hydrogens is 222 g/mol. The van der Waals surface area contributed by atoms with Gasteiger partial charge in [0.25, 0.3) is 0 Å². The maximum Gasteiger partial charge on any atom is 0.0992 e. The minimum absolute atomic E-state index is 0.624. The van der Waals surface area contributed by atoms with Crippen LogP contribution in [0.2, 0.25) is 0 Å². The third kappa shape index (κ3) is 2.61. The van der Waals surface area contributed by atoms with Crippen LogP contribution >= 0.6 is 0 Å². The summed E-state index contributed by atoms with van der Waals surface area (Å²) >= 11 is 0. The summed E-state index contributed by atoms with van der Waals surface area (Å²) in [6.07, 6.45) is 0. The highest BCUT2D eigenvalue weighted by atomic mass is 15.1. The van der Waals surface area contributed by atoms with Crippen LogP contribution in [0.5, 0.6) is 0 Å². The van der Waals surface area contributed by atoms with E-state index in [1.807, 2.05) is 36.2 Å². The molecule has 0 amide bonds. The van der Waals surface area contributed by atoms with Gasteiger partial charge in [-0.2, -0.15) is 5.26 Å². The Labute approximate surface area is 107 Å². The molecule has 0 radical (unpaired) electrons. The normalized spacial score (nSPS) is 9.78. The largest absolute Gasteiger partial charge is 0.397 e. The number of benzene rings is 2. The molecule has 0 heterocycles. The molecule has 2 aromatic rings. The van der Waals surface area contributed by atoms with E-state index in [4.69, 9.17) is 11.0 Å². The third-order valence-electron chi connectivity index (χ3n) is 2.83. The molecule has 0 spiro atoms. The van der Waals surface area contributed by atoms with Crippen LogP contribution in [0.4, 0.5) is 11.4 Å². The van der Waals surface area contributed by atoms with Crippen LogP contribution in [0.15, 0.2) is 48.5 Å². The van der Waals surface area contributed by atoms with Crippen molar-refractivity contribution in [3.63, 3.8) is 0 Å². The van der Waals surface area contributed by atoms with Gasteiger partial charge in [-0.1, -0.05) is 30.3 Å². The van der Waals surface area contributed by atoms with Crippen molar-refractivity contribution >= 4 is 11.4 Å². The second kappa shape index (κ2) is 5.24. The van der Waals surface area contributed by atoms with Gasteiger partial charge in [-0.25, -0.2) is 0 Å². The molecule has 0 aliphatic heterocycles. The van der Waals surface area contributed by atoms with Gasteiger partial charge in [0.2, 0.25) is 0 Å². The van der Waals surface area contributed by atoms with E-state index in [0.717, 1.165) is 12.2 Å². The van der Waals surface area contributed by atoms with Crippen molar-refractivity contribution in [1.82, 2.24) is 0 Å². The number of nitrogens with zero attached hydrogens (tertiary/aromatic N) is 2. The Balaban J connectivity index is 2.24. The first-order chi connectivity index (χ1) is 8.70. The number of rotatable bonds is 3. The molecule has 0 unspecified atom stereocenters. The molecule has 0 atom stereocenters. The number of nitrogens with two attached hydrogens (primary N) is 1. The zero-order chi connectivity index (χ0) is 13.0. The van der Waals surface area contributed by atoms with Crippen molar-refractivity contribution < 1.29 is 0 Å². The zero-order valence-corrected chi connectivity index (χ0v) is 10.3. The summed E-state index contributed by atoms with van der Waals surface area (Å²) in [7, 11) is 1.97. The first-order valence-electron chi connectivity index (χ1n) is 5.75. The van der Waals surface area contributed by atoms with E-state index in [9.17, 15) is 0 Å². The van der Waals surface area contributed by atoms with E-state index >= 15 is 0 Å². The lowest BCUT2D eigenvalue weighted by Crippen LogP contribution is -2.17. The molecule has 18 heavy (non-hydrogen) atoms. The highest BCUT2D eigenvalue weighted by molar-refractivity contribution is 5.69. The molecule has 2 aromatic carbocycles. The standard InChI is InChI=1S/C15H15N3/c1-18(11-12-5-3-2-4-6-12)15-9-13(10-16)7-8-14(15)17/h2-9H,11,17H2,1H3. The Bertz CT molecular complexity index is 570. The Morgan fingerprint density at radius 3 is 2.56 bits per heavy atom. The average molecular weight is 237 g/mol. The highest BCUT2D eigenvalue weighted by Crippen LogP contribution is 2.24. The molecule has 0 saturated carbocycles. The van der Waals surface area contributed by atoms with Crippen molar-refractivity contribution in [1.29, 1.82) is 5.26 Å². The van der Waals surface area contributed by atoms with Gasteiger partial charge in [0, 0.05) is 13.6 Å². The lowest BCUT2D eigenvalue weighted by Gasteiger charge is -2.21. The number of nitriles is 1. The maximum atomic E-state index is 8.92. The van der Waals surface area contributed by atoms with E-state index < -0.39 is 0 Å². The predicted octanol–water partition coefficient (Wildman–Crippen LogP) is 2.78. The van der Waals surface area contributed by atoms with Crippen LogP contribution in [0.3, 0.4) is 0 Å².